The average Bonchev–Trinajstić information content (AvgIpc) is 2.26. The van der Waals surface area contributed by atoms with E-state index < -0.39 is 12.1 Å². The number of anilines is 1. The lowest BCUT2D eigenvalue weighted by Crippen LogP contribution is -2.13. The number of hydrogen-bond donors (Lipinski definition) is 3. The van der Waals surface area contributed by atoms with E-state index in [0.717, 1.165) is 23.7 Å². The fraction of sp³-hybridized carbons (Fsp3) is 0.364. The largest absolute Gasteiger partial charge is 0.479 e. The summed E-state index contributed by atoms with van der Waals surface area (Å²) in [4.78, 5) is 10.7. The maximum atomic E-state index is 10.7. The molecule has 0 aliphatic rings. The lowest BCUT2D eigenvalue weighted by atomic mass is 10.0. The van der Waals surface area contributed by atoms with Gasteiger partial charge in [-0.25, -0.2) is 4.79 Å². The Morgan fingerprint density at radius 1 is 1.50 bits per heavy atom. The lowest BCUT2D eigenvalue weighted by molar-refractivity contribution is -0.146. The number of rotatable bonds is 5. The van der Waals surface area contributed by atoms with Crippen molar-refractivity contribution in [3.05, 3.63) is 29.3 Å². The second kappa shape index (κ2) is 5.86. The Balaban J connectivity index is 2.98. The first-order valence-corrected chi connectivity index (χ1v) is 6.04. The number of aliphatic hydroxyl groups excluding tert-OH is 1. The zero-order valence-electron chi connectivity index (χ0n) is 8.69. The Labute approximate surface area is 102 Å². The van der Waals surface area contributed by atoms with E-state index in [-0.39, 0.29) is 5.56 Å². The van der Waals surface area contributed by atoms with Gasteiger partial charge in [-0.15, -0.1) is 0 Å². The van der Waals surface area contributed by atoms with Gasteiger partial charge in [0, 0.05) is 16.6 Å². The first-order valence-electron chi connectivity index (χ1n) is 4.92. The standard InChI is InChI=1S/C11H14BrNO3/c12-6-2-4-7-3-1-5-8(9(7)13)10(14)11(15)16/h1,3,5,10,14H,2,4,6,13H2,(H,15,16). The highest BCUT2D eigenvalue weighted by Crippen LogP contribution is 2.25. The van der Waals surface area contributed by atoms with Gasteiger partial charge in [-0.05, 0) is 18.4 Å². The van der Waals surface area contributed by atoms with Crippen LogP contribution in [0.1, 0.15) is 23.7 Å². The second-order valence-corrected chi connectivity index (χ2v) is 4.25. The number of nitrogen functional groups attached to an aromatic ring is 1. The molecule has 1 aromatic rings. The third-order valence-electron chi connectivity index (χ3n) is 2.34. The molecule has 16 heavy (non-hydrogen) atoms. The van der Waals surface area contributed by atoms with Crippen molar-refractivity contribution in [2.24, 2.45) is 0 Å². The molecular weight excluding hydrogens is 274 g/mol. The van der Waals surface area contributed by atoms with Gasteiger partial charge in [0.05, 0.1) is 0 Å². The normalized spacial score (nSPS) is 12.4. The van der Waals surface area contributed by atoms with Crippen LogP contribution < -0.4 is 5.73 Å². The second-order valence-electron chi connectivity index (χ2n) is 3.45. The van der Waals surface area contributed by atoms with E-state index >= 15 is 0 Å². The van der Waals surface area contributed by atoms with Crippen LogP contribution in [0.25, 0.3) is 0 Å². The third-order valence-corrected chi connectivity index (χ3v) is 2.90. The summed E-state index contributed by atoms with van der Waals surface area (Å²) in [6, 6.07) is 5.09. The van der Waals surface area contributed by atoms with Crippen LogP contribution >= 0.6 is 15.9 Å². The minimum absolute atomic E-state index is 0.263. The molecule has 0 saturated heterocycles. The predicted octanol–water partition coefficient (Wildman–Crippen LogP) is 1.71. The molecule has 0 aliphatic carbocycles. The topological polar surface area (TPSA) is 83.5 Å². The summed E-state index contributed by atoms with van der Waals surface area (Å²) < 4.78 is 0. The van der Waals surface area contributed by atoms with Crippen molar-refractivity contribution in [2.45, 2.75) is 18.9 Å². The quantitative estimate of drug-likeness (QED) is 0.569. The van der Waals surface area contributed by atoms with Gasteiger partial charge < -0.3 is 15.9 Å². The molecule has 4 N–H and O–H groups in total. The molecule has 0 aliphatic heterocycles. The van der Waals surface area contributed by atoms with E-state index in [1.54, 1.807) is 6.07 Å². The first kappa shape index (κ1) is 13.0. The number of para-hydroxylation sites is 1. The molecule has 0 saturated carbocycles. The molecule has 0 radical (unpaired) electrons. The Bertz CT molecular complexity index is 381. The molecule has 4 nitrogen and oxygen atoms in total. The van der Waals surface area contributed by atoms with Crippen LogP contribution in [0.3, 0.4) is 0 Å². The van der Waals surface area contributed by atoms with Gasteiger partial charge in [0.25, 0.3) is 0 Å². The first-order chi connectivity index (χ1) is 7.57. The van der Waals surface area contributed by atoms with Gasteiger partial charge in [0.15, 0.2) is 6.10 Å². The van der Waals surface area contributed by atoms with E-state index in [1.807, 2.05) is 6.07 Å². The Kier molecular flexibility index (Phi) is 4.76. The molecule has 1 aromatic carbocycles. The van der Waals surface area contributed by atoms with Crippen LogP contribution in [0.4, 0.5) is 5.69 Å². The molecule has 1 atom stereocenters. The number of carboxylic acids is 1. The molecule has 0 amide bonds. The highest BCUT2D eigenvalue weighted by Gasteiger charge is 2.19. The summed E-state index contributed by atoms with van der Waals surface area (Å²) >= 11 is 3.32. The molecule has 1 unspecified atom stereocenters. The van der Waals surface area contributed by atoms with E-state index in [2.05, 4.69) is 15.9 Å². The maximum absolute atomic E-state index is 10.7. The smallest absolute Gasteiger partial charge is 0.337 e. The Hall–Kier alpha value is -1.07. The van der Waals surface area contributed by atoms with E-state index in [4.69, 9.17) is 10.8 Å². The van der Waals surface area contributed by atoms with Gasteiger partial charge in [-0.3, -0.25) is 0 Å². The molecule has 0 spiro atoms. The van der Waals surface area contributed by atoms with Crippen LogP contribution in [0.2, 0.25) is 0 Å². The highest BCUT2D eigenvalue weighted by molar-refractivity contribution is 9.09. The lowest BCUT2D eigenvalue weighted by Gasteiger charge is -2.12. The number of nitrogens with two attached hydrogens (primary N) is 1. The van der Waals surface area contributed by atoms with Crippen molar-refractivity contribution >= 4 is 27.6 Å². The van der Waals surface area contributed by atoms with Crippen molar-refractivity contribution < 1.29 is 15.0 Å². The van der Waals surface area contributed by atoms with Crippen molar-refractivity contribution in [3.8, 4) is 0 Å². The van der Waals surface area contributed by atoms with Gasteiger partial charge in [0.2, 0.25) is 0 Å². The number of alkyl halides is 1. The summed E-state index contributed by atoms with van der Waals surface area (Å²) in [5, 5.41) is 19.0. The minimum atomic E-state index is -1.55. The molecule has 5 heteroatoms. The number of aryl methyl sites for hydroxylation is 1. The molecule has 0 aromatic heterocycles. The highest BCUT2D eigenvalue weighted by atomic mass is 79.9. The predicted molar refractivity (Wildman–Crippen MR) is 65.6 cm³/mol. The van der Waals surface area contributed by atoms with Crippen LogP contribution in [-0.4, -0.2) is 21.5 Å². The van der Waals surface area contributed by atoms with E-state index in [9.17, 15) is 9.90 Å². The summed E-state index contributed by atoms with van der Waals surface area (Å²) in [5.41, 5.74) is 7.33. The zero-order valence-corrected chi connectivity index (χ0v) is 10.3. The number of aliphatic carboxylic acids is 1. The van der Waals surface area contributed by atoms with Crippen molar-refractivity contribution in [3.63, 3.8) is 0 Å². The van der Waals surface area contributed by atoms with Gasteiger partial charge in [-0.1, -0.05) is 34.1 Å². The van der Waals surface area contributed by atoms with Crippen molar-refractivity contribution in [2.75, 3.05) is 11.1 Å². The van der Waals surface area contributed by atoms with Gasteiger partial charge >= 0.3 is 5.97 Å². The van der Waals surface area contributed by atoms with Crippen LogP contribution in [0.5, 0.6) is 0 Å². The molecule has 88 valence electrons. The molecule has 1 rings (SSSR count). The number of halogens is 1. The van der Waals surface area contributed by atoms with E-state index in [0.29, 0.717) is 5.69 Å². The van der Waals surface area contributed by atoms with Crippen molar-refractivity contribution in [1.82, 2.24) is 0 Å². The van der Waals surface area contributed by atoms with Crippen LogP contribution in [0.15, 0.2) is 18.2 Å². The number of aliphatic hydroxyl groups is 1. The molecule has 0 bridgehead atoms. The van der Waals surface area contributed by atoms with Gasteiger partial charge in [-0.2, -0.15) is 0 Å². The Morgan fingerprint density at radius 2 is 2.19 bits per heavy atom. The monoisotopic (exact) mass is 287 g/mol. The fourth-order valence-corrected chi connectivity index (χ4v) is 1.76. The average molecular weight is 288 g/mol. The third kappa shape index (κ3) is 2.96. The van der Waals surface area contributed by atoms with Gasteiger partial charge in [0.1, 0.15) is 0 Å². The minimum Gasteiger partial charge on any atom is -0.479 e. The number of hydrogen-bond acceptors (Lipinski definition) is 3. The SMILES string of the molecule is Nc1c(CCCBr)cccc1C(O)C(=O)O. The zero-order chi connectivity index (χ0) is 12.1. The fourth-order valence-electron chi connectivity index (χ4n) is 1.48. The summed E-state index contributed by atoms with van der Waals surface area (Å²) in [7, 11) is 0. The maximum Gasteiger partial charge on any atom is 0.337 e. The summed E-state index contributed by atoms with van der Waals surface area (Å²) in [6.45, 7) is 0. The number of carbonyl (C=O) groups is 1. The molecular formula is C11H14BrNO3. The molecule has 0 heterocycles. The van der Waals surface area contributed by atoms with Crippen LogP contribution in [-0.2, 0) is 11.2 Å². The Morgan fingerprint density at radius 3 is 2.75 bits per heavy atom. The summed E-state index contributed by atoms with van der Waals surface area (Å²) in [6.07, 6.45) is 0.123. The number of benzene rings is 1. The molecule has 0 fully saturated rings. The summed E-state index contributed by atoms with van der Waals surface area (Å²) in [5.74, 6) is -1.29. The van der Waals surface area contributed by atoms with Crippen LogP contribution in [0, 0.1) is 0 Å². The van der Waals surface area contributed by atoms with E-state index in [1.165, 1.54) is 6.07 Å². The number of carboxylic acid groups (broad SMARTS) is 1. The van der Waals surface area contributed by atoms with Crippen molar-refractivity contribution in [1.29, 1.82) is 0 Å².